The van der Waals surface area contributed by atoms with E-state index >= 15 is 0 Å². The van der Waals surface area contributed by atoms with Crippen molar-refractivity contribution < 1.29 is 14.8 Å². The molecule has 0 amide bonds. The number of nitro groups is 1. The average Bonchev–Trinajstić information content (AvgIpc) is 2.88. The molecule has 2 atom stereocenters. The zero-order valence-electron chi connectivity index (χ0n) is 7.24. The van der Waals surface area contributed by atoms with Gasteiger partial charge in [0.2, 0.25) is 0 Å². The summed E-state index contributed by atoms with van der Waals surface area (Å²) in [5.41, 5.74) is 0. The average molecular weight is 199 g/mol. The molecule has 1 N–H and O–H groups in total. The fourth-order valence-electron chi connectivity index (χ4n) is 1.30. The summed E-state index contributed by atoms with van der Waals surface area (Å²) in [5, 5.41) is 20.2. The van der Waals surface area contributed by atoms with E-state index in [9.17, 15) is 15.2 Å². The predicted molar refractivity (Wildman–Crippen MR) is 47.1 cm³/mol. The molecule has 0 saturated carbocycles. The van der Waals surface area contributed by atoms with Gasteiger partial charge in [0.1, 0.15) is 6.10 Å². The molecule has 0 bridgehead atoms. The van der Waals surface area contributed by atoms with E-state index in [1.807, 2.05) is 0 Å². The van der Waals surface area contributed by atoms with Crippen LogP contribution in [0.15, 0.2) is 9.98 Å². The van der Waals surface area contributed by atoms with Crippen LogP contribution in [-0.2, 0) is 4.74 Å². The third-order valence-corrected chi connectivity index (χ3v) is 2.19. The molecule has 0 spiro atoms. The molecule has 7 nitrogen and oxygen atoms in total. The van der Waals surface area contributed by atoms with Gasteiger partial charge >= 0.3 is 5.79 Å². The van der Waals surface area contributed by atoms with Crippen molar-refractivity contribution in [2.75, 3.05) is 6.61 Å². The first-order chi connectivity index (χ1) is 6.64. The molecule has 1 fully saturated rings. The van der Waals surface area contributed by atoms with Gasteiger partial charge in [0, 0.05) is 12.4 Å². The van der Waals surface area contributed by atoms with E-state index in [-0.39, 0.29) is 12.5 Å². The van der Waals surface area contributed by atoms with Crippen molar-refractivity contribution in [1.29, 1.82) is 0 Å². The number of rotatable bonds is 4. The Bertz CT molecular complexity index is 298. The van der Waals surface area contributed by atoms with E-state index < -0.39 is 16.8 Å². The first kappa shape index (κ1) is 9.22. The summed E-state index contributed by atoms with van der Waals surface area (Å²) in [7, 11) is 0. The monoisotopic (exact) mass is 199 g/mol. The van der Waals surface area contributed by atoms with Gasteiger partial charge in [-0.25, -0.2) is 0 Å². The summed E-state index contributed by atoms with van der Waals surface area (Å²) in [6.45, 7) is 0.447. The van der Waals surface area contributed by atoms with Crippen LogP contribution in [0, 0.1) is 10.1 Å². The van der Waals surface area contributed by atoms with Crippen LogP contribution in [0.25, 0.3) is 0 Å². The lowest BCUT2D eigenvalue weighted by molar-refractivity contribution is -0.568. The Balaban J connectivity index is 2.08. The molecule has 2 aliphatic rings. The minimum atomic E-state index is -1.73. The van der Waals surface area contributed by atoms with E-state index in [0.717, 1.165) is 0 Å². The Labute approximate surface area is 79.3 Å². The topological polar surface area (TPSA) is 101 Å². The second-order valence-electron chi connectivity index (χ2n) is 3.23. The Hall–Kier alpha value is -1.34. The van der Waals surface area contributed by atoms with Gasteiger partial charge in [-0.1, -0.05) is 0 Å². The number of aliphatic imine (C=N–C) groups is 2. The number of ether oxygens (including phenoxy) is 1. The molecule has 14 heavy (non-hydrogen) atoms. The van der Waals surface area contributed by atoms with Gasteiger partial charge in [0.05, 0.1) is 24.1 Å². The Morgan fingerprint density at radius 2 is 2.29 bits per heavy atom. The summed E-state index contributed by atoms with van der Waals surface area (Å²) >= 11 is 0. The molecule has 0 aromatic heterocycles. The molecule has 2 heterocycles. The van der Waals surface area contributed by atoms with Gasteiger partial charge in [-0.3, -0.25) is 10.1 Å². The Morgan fingerprint density at radius 3 is 2.71 bits per heavy atom. The van der Waals surface area contributed by atoms with Crippen molar-refractivity contribution in [2.45, 2.75) is 24.4 Å². The summed E-state index contributed by atoms with van der Waals surface area (Å²) in [6, 6.07) is 0. The standard InChI is InChI=1S/C7H9N3O4/c11-5(6-4-14-6)3-7(10(12)13)8-1-2-9-7/h1-2,5-6,11H,3-4H2. The van der Waals surface area contributed by atoms with Crippen molar-refractivity contribution in [1.82, 2.24) is 0 Å². The van der Waals surface area contributed by atoms with Crippen molar-refractivity contribution in [3.63, 3.8) is 0 Å². The Morgan fingerprint density at radius 1 is 1.71 bits per heavy atom. The summed E-state index contributed by atoms with van der Waals surface area (Å²) in [6.07, 6.45) is 1.22. The highest BCUT2D eigenvalue weighted by Gasteiger charge is 2.48. The maximum Gasteiger partial charge on any atom is 0.414 e. The maximum absolute atomic E-state index is 10.7. The first-order valence-corrected chi connectivity index (χ1v) is 4.17. The lowest BCUT2D eigenvalue weighted by Gasteiger charge is -2.16. The third kappa shape index (κ3) is 1.51. The lowest BCUT2D eigenvalue weighted by Crippen LogP contribution is -2.38. The number of aliphatic hydroxyl groups is 1. The van der Waals surface area contributed by atoms with Crippen LogP contribution in [0.1, 0.15) is 6.42 Å². The van der Waals surface area contributed by atoms with Crippen LogP contribution < -0.4 is 0 Å². The van der Waals surface area contributed by atoms with E-state index in [4.69, 9.17) is 4.74 Å². The smallest absolute Gasteiger partial charge is 0.390 e. The van der Waals surface area contributed by atoms with Gasteiger partial charge in [0.25, 0.3) is 0 Å². The van der Waals surface area contributed by atoms with Crippen molar-refractivity contribution in [3.8, 4) is 0 Å². The van der Waals surface area contributed by atoms with E-state index in [1.54, 1.807) is 0 Å². The highest BCUT2D eigenvalue weighted by atomic mass is 16.6. The van der Waals surface area contributed by atoms with Gasteiger partial charge < -0.3 is 9.84 Å². The Kier molecular flexibility index (Phi) is 2.05. The van der Waals surface area contributed by atoms with Crippen LogP contribution in [0.3, 0.4) is 0 Å². The molecule has 1 saturated heterocycles. The zero-order chi connectivity index (χ0) is 10.2. The first-order valence-electron chi connectivity index (χ1n) is 4.17. The van der Waals surface area contributed by atoms with Crippen molar-refractivity contribution in [2.24, 2.45) is 9.98 Å². The molecule has 0 aromatic carbocycles. The van der Waals surface area contributed by atoms with Gasteiger partial charge in [-0.15, -0.1) is 0 Å². The molecular weight excluding hydrogens is 190 g/mol. The van der Waals surface area contributed by atoms with Crippen LogP contribution in [0.5, 0.6) is 0 Å². The minimum Gasteiger partial charge on any atom is -0.390 e. The van der Waals surface area contributed by atoms with Gasteiger partial charge in [-0.2, -0.15) is 9.98 Å². The number of epoxide rings is 1. The molecule has 2 rings (SSSR count). The third-order valence-electron chi connectivity index (χ3n) is 2.19. The number of nitrogens with zero attached hydrogens (tertiary/aromatic N) is 3. The summed E-state index contributed by atoms with van der Waals surface area (Å²) in [4.78, 5) is 17.4. The SMILES string of the molecule is O=[N+]([O-])C1(CC(O)C2CO2)N=CC=N1. The van der Waals surface area contributed by atoms with Crippen LogP contribution in [-0.4, -0.2) is 47.1 Å². The maximum atomic E-state index is 10.7. The van der Waals surface area contributed by atoms with Crippen LogP contribution in [0.4, 0.5) is 0 Å². The minimum absolute atomic E-state index is 0.141. The number of hydrogen-bond donors (Lipinski definition) is 1. The molecule has 2 unspecified atom stereocenters. The largest absolute Gasteiger partial charge is 0.414 e. The molecule has 76 valence electrons. The van der Waals surface area contributed by atoms with Gasteiger partial charge in [0.15, 0.2) is 0 Å². The molecule has 0 radical (unpaired) electrons. The molecule has 7 heteroatoms. The molecule has 0 aromatic rings. The summed E-state index contributed by atoms with van der Waals surface area (Å²) < 4.78 is 4.83. The van der Waals surface area contributed by atoms with Crippen molar-refractivity contribution in [3.05, 3.63) is 10.1 Å². The fourth-order valence-corrected chi connectivity index (χ4v) is 1.30. The second kappa shape index (κ2) is 3.10. The number of aliphatic hydroxyl groups excluding tert-OH is 1. The van der Waals surface area contributed by atoms with E-state index in [1.165, 1.54) is 12.4 Å². The van der Waals surface area contributed by atoms with E-state index in [2.05, 4.69) is 9.98 Å². The van der Waals surface area contributed by atoms with Crippen LogP contribution >= 0.6 is 0 Å². The zero-order valence-corrected chi connectivity index (χ0v) is 7.24. The second-order valence-corrected chi connectivity index (χ2v) is 3.23. The van der Waals surface area contributed by atoms with Crippen LogP contribution in [0.2, 0.25) is 0 Å². The molecular formula is C7H9N3O4. The van der Waals surface area contributed by atoms with E-state index in [0.29, 0.717) is 6.61 Å². The quantitative estimate of drug-likeness (QED) is 0.364. The number of hydrogen-bond acceptors (Lipinski definition) is 6. The van der Waals surface area contributed by atoms with Crippen molar-refractivity contribution >= 4 is 12.4 Å². The lowest BCUT2D eigenvalue weighted by atomic mass is 10.1. The fraction of sp³-hybridized carbons (Fsp3) is 0.714. The molecule has 0 aliphatic carbocycles. The normalized spacial score (nSPS) is 29.1. The highest BCUT2D eigenvalue weighted by Crippen LogP contribution is 2.27. The highest BCUT2D eigenvalue weighted by molar-refractivity contribution is 6.17. The molecule has 2 aliphatic heterocycles. The summed E-state index contributed by atoms with van der Waals surface area (Å²) in [5.74, 6) is -1.73. The predicted octanol–water partition coefficient (Wildman–Crippen LogP) is -0.778. The van der Waals surface area contributed by atoms with Gasteiger partial charge in [-0.05, 0) is 0 Å².